The quantitative estimate of drug-likeness (QED) is 0.904. The molecule has 0 aliphatic carbocycles. The molecule has 0 spiro atoms. The average Bonchev–Trinajstić information content (AvgIpc) is 3.08. The molecule has 0 saturated carbocycles. The lowest BCUT2D eigenvalue weighted by molar-refractivity contribution is 0.0939. The van der Waals surface area contributed by atoms with Crippen LogP contribution in [0.25, 0.3) is 11.1 Å². The molecule has 2 N–H and O–H groups in total. The summed E-state index contributed by atoms with van der Waals surface area (Å²) < 4.78 is 5.16. The maximum atomic E-state index is 12.3. The maximum Gasteiger partial charge on any atom is 0.253 e. The standard InChI is InChI=1S/C17H19N3O2/c1-22-16-4-2-12(3-5-16)13-8-14(10-19-9-13)17(21)20-15-6-7-18-11-15/h2-5,8-10,15,18H,6-7,11H2,1H3,(H,20,21). The van der Waals surface area contributed by atoms with Gasteiger partial charge in [-0.1, -0.05) is 12.1 Å². The van der Waals surface area contributed by atoms with Gasteiger partial charge in [0, 0.05) is 30.5 Å². The molecule has 2 aromatic rings. The van der Waals surface area contributed by atoms with E-state index in [-0.39, 0.29) is 11.9 Å². The summed E-state index contributed by atoms with van der Waals surface area (Å²) >= 11 is 0. The molecule has 5 nitrogen and oxygen atoms in total. The lowest BCUT2D eigenvalue weighted by atomic mass is 10.1. The maximum absolute atomic E-state index is 12.3. The van der Waals surface area contributed by atoms with Crippen LogP contribution in [0.3, 0.4) is 0 Å². The van der Waals surface area contributed by atoms with Crippen molar-refractivity contribution < 1.29 is 9.53 Å². The summed E-state index contributed by atoms with van der Waals surface area (Å²) in [5.74, 6) is 0.732. The Kier molecular flexibility index (Phi) is 4.34. The zero-order valence-corrected chi connectivity index (χ0v) is 12.5. The smallest absolute Gasteiger partial charge is 0.253 e. The van der Waals surface area contributed by atoms with E-state index in [1.807, 2.05) is 30.3 Å². The Morgan fingerprint density at radius 2 is 2.09 bits per heavy atom. The third-order valence-corrected chi connectivity index (χ3v) is 3.82. The van der Waals surface area contributed by atoms with Crippen molar-refractivity contribution in [2.24, 2.45) is 0 Å². The van der Waals surface area contributed by atoms with Gasteiger partial charge in [-0.25, -0.2) is 0 Å². The number of methoxy groups -OCH3 is 1. The predicted octanol–water partition coefficient (Wildman–Crippen LogP) is 1.85. The van der Waals surface area contributed by atoms with Crippen LogP contribution in [0.2, 0.25) is 0 Å². The summed E-state index contributed by atoms with van der Waals surface area (Å²) in [6.45, 7) is 1.78. The Balaban J connectivity index is 1.77. The normalized spacial score (nSPS) is 17.2. The van der Waals surface area contributed by atoms with Crippen molar-refractivity contribution in [3.05, 3.63) is 48.3 Å². The average molecular weight is 297 g/mol. The van der Waals surface area contributed by atoms with E-state index in [4.69, 9.17) is 4.74 Å². The van der Waals surface area contributed by atoms with Gasteiger partial charge in [-0.3, -0.25) is 9.78 Å². The number of pyridine rings is 1. The molecule has 5 heteroatoms. The van der Waals surface area contributed by atoms with E-state index >= 15 is 0 Å². The highest BCUT2D eigenvalue weighted by atomic mass is 16.5. The number of benzene rings is 1. The van der Waals surface area contributed by atoms with Crippen molar-refractivity contribution >= 4 is 5.91 Å². The molecule has 114 valence electrons. The summed E-state index contributed by atoms with van der Waals surface area (Å²) in [4.78, 5) is 16.5. The molecular weight excluding hydrogens is 278 g/mol. The van der Waals surface area contributed by atoms with Crippen LogP contribution in [-0.4, -0.2) is 37.1 Å². The van der Waals surface area contributed by atoms with Gasteiger partial charge in [0.2, 0.25) is 0 Å². The zero-order chi connectivity index (χ0) is 15.4. The van der Waals surface area contributed by atoms with E-state index in [1.165, 1.54) is 0 Å². The molecule has 1 amide bonds. The number of aromatic nitrogens is 1. The second-order valence-electron chi connectivity index (χ2n) is 5.35. The monoisotopic (exact) mass is 297 g/mol. The number of ether oxygens (including phenoxy) is 1. The van der Waals surface area contributed by atoms with Gasteiger partial charge < -0.3 is 15.4 Å². The van der Waals surface area contributed by atoms with Gasteiger partial charge in [0.25, 0.3) is 5.91 Å². The minimum Gasteiger partial charge on any atom is -0.497 e. The molecule has 22 heavy (non-hydrogen) atoms. The lowest BCUT2D eigenvalue weighted by Gasteiger charge is -2.11. The van der Waals surface area contributed by atoms with Gasteiger partial charge in [-0.05, 0) is 36.7 Å². The minimum atomic E-state index is -0.0726. The van der Waals surface area contributed by atoms with Crippen LogP contribution in [0, 0.1) is 0 Å². The van der Waals surface area contributed by atoms with E-state index in [0.717, 1.165) is 36.4 Å². The van der Waals surface area contributed by atoms with Gasteiger partial charge >= 0.3 is 0 Å². The Morgan fingerprint density at radius 3 is 2.77 bits per heavy atom. The number of carbonyl (C=O) groups is 1. The van der Waals surface area contributed by atoms with Crippen LogP contribution in [0.4, 0.5) is 0 Å². The third kappa shape index (κ3) is 3.26. The summed E-state index contributed by atoms with van der Waals surface area (Å²) in [6.07, 6.45) is 4.33. The summed E-state index contributed by atoms with van der Waals surface area (Å²) in [5.41, 5.74) is 2.51. The number of hydrogen-bond acceptors (Lipinski definition) is 4. The van der Waals surface area contributed by atoms with E-state index in [1.54, 1.807) is 19.5 Å². The first kappa shape index (κ1) is 14.5. The number of carbonyl (C=O) groups excluding carboxylic acids is 1. The highest BCUT2D eigenvalue weighted by Gasteiger charge is 2.17. The second kappa shape index (κ2) is 6.58. The topological polar surface area (TPSA) is 63.2 Å². The van der Waals surface area contributed by atoms with Crippen LogP contribution in [0.1, 0.15) is 16.8 Å². The Bertz CT molecular complexity index is 649. The molecule has 1 aromatic heterocycles. The SMILES string of the molecule is COc1ccc(-c2cncc(C(=O)NC3CCNC3)c2)cc1. The number of hydrogen-bond donors (Lipinski definition) is 2. The first-order valence-electron chi connectivity index (χ1n) is 7.37. The van der Waals surface area contributed by atoms with Crippen molar-refractivity contribution in [2.75, 3.05) is 20.2 Å². The first-order chi connectivity index (χ1) is 10.8. The fourth-order valence-corrected chi connectivity index (χ4v) is 2.55. The van der Waals surface area contributed by atoms with Crippen LogP contribution < -0.4 is 15.4 Å². The van der Waals surface area contributed by atoms with Crippen LogP contribution >= 0.6 is 0 Å². The molecule has 0 radical (unpaired) electrons. The fraction of sp³-hybridized carbons (Fsp3) is 0.294. The largest absolute Gasteiger partial charge is 0.497 e. The Labute approximate surface area is 129 Å². The Hall–Kier alpha value is -2.40. The van der Waals surface area contributed by atoms with Gasteiger partial charge in [0.1, 0.15) is 5.75 Å². The number of nitrogens with zero attached hydrogens (tertiary/aromatic N) is 1. The van der Waals surface area contributed by atoms with Crippen molar-refractivity contribution in [3.63, 3.8) is 0 Å². The number of rotatable bonds is 4. The molecule has 1 saturated heterocycles. The van der Waals surface area contributed by atoms with E-state index in [0.29, 0.717) is 5.56 Å². The van der Waals surface area contributed by atoms with Crippen molar-refractivity contribution in [1.29, 1.82) is 0 Å². The summed E-state index contributed by atoms with van der Waals surface area (Å²) in [7, 11) is 1.64. The molecule has 0 bridgehead atoms. The zero-order valence-electron chi connectivity index (χ0n) is 12.5. The molecule has 2 heterocycles. The highest BCUT2D eigenvalue weighted by Crippen LogP contribution is 2.22. The van der Waals surface area contributed by atoms with Gasteiger partial charge in [0.05, 0.1) is 12.7 Å². The Morgan fingerprint density at radius 1 is 1.27 bits per heavy atom. The minimum absolute atomic E-state index is 0.0726. The molecule has 1 aromatic carbocycles. The van der Waals surface area contributed by atoms with E-state index in [9.17, 15) is 4.79 Å². The van der Waals surface area contributed by atoms with Gasteiger partial charge in [-0.15, -0.1) is 0 Å². The van der Waals surface area contributed by atoms with Crippen molar-refractivity contribution in [1.82, 2.24) is 15.6 Å². The van der Waals surface area contributed by atoms with E-state index < -0.39 is 0 Å². The first-order valence-corrected chi connectivity index (χ1v) is 7.37. The predicted molar refractivity (Wildman–Crippen MR) is 85.0 cm³/mol. The fourth-order valence-electron chi connectivity index (χ4n) is 2.55. The molecular formula is C17H19N3O2. The van der Waals surface area contributed by atoms with Gasteiger partial charge in [0.15, 0.2) is 0 Å². The van der Waals surface area contributed by atoms with Crippen LogP contribution in [-0.2, 0) is 0 Å². The molecule has 1 aliphatic rings. The van der Waals surface area contributed by atoms with Gasteiger partial charge in [-0.2, -0.15) is 0 Å². The molecule has 1 fully saturated rings. The van der Waals surface area contributed by atoms with E-state index in [2.05, 4.69) is 15.6 Å². The molecule has 1 atom stereocenters. The second-order valence-corrected chi connectivity index (χ2v) is 5.35. The lowest BCUT2D eigenvalue weighted by Crippen LogP contribution is -2.36. The molecule has 3 rings (SSSR count). The van der Waals surface area contributed by atoms with Crippen molar-refractivity contribution in [2.45, 2.75) is 12.5 Å². The summed E-state index contributed by atoms with van der Waals surface area (Å²) in [5, 5.41) is 6.27. The molecule has 1 unspecified atom stereocenters. The van der Waals surface area contributed by atoms with Crippen molar-refractivity contribution in [3.8, 4) is 16.9 Å². The van der Waals surface area contributed by atoms with Crippen LogP contribution in [0.15, 0.2) is 42.7 Å². The number of amides is 1. The van der Waals surface area contributed by atoms with Crippen LogP contribution in [0.5, 0.6) is 5.75 Å². The third-order valence-electron chi connectivity index (χ3n) is 3.82. The number of nitrogens with one attached hydrogen (secondary N) is 2. The highest BCUT2D eigenvalue weighted by molar-refractivity contribution is 5.95. The summed E-state index contributed by atoms with van der Waals surface area (Å²) in [6, 6.07) is 9.78. The molecule has 1 aliphatic heterocycles.